The molecule has 0 bridgehead atoms. The molecule has 1 aliphatic rings. The minimum absolute atomic E-state index is 0.0748. The van der Waals surface area contributed by atoms with E-state index in [0.29, 0.717) is 0 Å². The smallest absolute Gasteiger partial charge is 0.333 e. The van der Waals surface area contributed by atoms with Crippen LogP contribution in [0.25, 0.3) is 11.6 Å². The van der Waals surface area contributed by atoms with Gasteiger partial charge in [0, 0.05) is 31.4 Å². The van der Waals surface area contributed by atoms with Crippen LogP contribution in [0.15, 0.2) is 32.8 Å². The van der Waals surface area contributed by atoms with Crippen molar-refractivity contribution in [3.63, 3.8) is 0 Å². The molecule has 1 N–H and O–H groups in total. The number of nitrogens with zero attached hydrogens (tertiary/aromatic N) is 3. The molecule has 0 saturated carbocycles. The number of hydrogen-bond acceptors (Lipinski definition) is 4. The summed E-state index contributed by atoms with van der Waals surface area (Å²) in [6.45, 7) is 2.06. The molecule has 0 unspecified atom stereocenters. The molecule has 2 heterocycles. The second-order valence-corrected chi connectivity index (χ2v) is 5.47. The Bertz CT molecular complexity index is 978. The first kappa shape index (κ1) is 15.0. The quantitative estimate of drug-likeness (QED) is 0.915. The fourth-order valence-corrected chi connectivity index (χ4v) is 2.72. The van der Waals surface area contributed by atoms with Gasteiger partial charge in [0.1, 0.15) is 5.56 Å². The van der Waals surface area contributed by atoms with E-state index in [1.807, 2.05) is 18.2 Å². The Balaban J connectivity index is 2.24. The van der Waals surface area contributed by atoms with E-state index in [9.17, 15) is 14.7 Å². The number of rotatable bonds is 2. The maximum Gasteiger partial charge on any atom is 0.333 e. The monoisotopic (exact) mass is 311 g/mol. The molecular weight excluding hydrogens is 294 g/mol. The second-order valence-electron chi connectivity index (χ2n) is 5.47. The number of benzene rings is 1. The fraction of sp³-hybridized carbons (Fsp3) is 0.235. The predicted molar refractivity (Wildman–Crippen MR) is 90.4 cm³/mol. The highest BCUT2D eigenvalue weighted by atomic mass is 16.3. The van der Waals surface area contributed by atoms with Crippen molar-refractivity contribution in [1.82, 2.24) is 9.13 Å². The van der Waals surface area contributed by atoms with Crippen molar-refractivity contribution >= 4 is 23.6 Å². The topological polar surface area (TPSA) is 76.6 Å². The molecular formula is C17H17N3O3. The third kappa shape index (κ3) is 2.23. The molecule has 0 spiro atoms. The number of aliphatic imine (C=N–C) groups is 1. The molecule has 23 heavy (non-hydrogen) atoms. The van der Waals surface area contributed by atoms with Crippen molar-refractivity contribution in [2.75, 3.05) is 0 Å². The molecule has 1 aromatic carbocycles. The summed E-state index contributed by atoms with van der Waals surface area (Å²) in [5.41, 5.74) is 2.64. The summed E-state index contributed by atoms with van der Waals surface area (Å²) in [6.07, 6.45) is 4.11. The van der Waals surface area contributed by atoms with Crippen molar-refractivity contribution in [2.45, 2.75) is 13.3 Å². The van der Waals surface area contributed by atoms with Crippen LogP contribution in [0.5, 0.6) is 5.88 Å². The molecule has 0 aliphatic carbocycles. The summed E-state index contributed by atoms with van der Waals surface area (Å²) in [6, 6.07) is 5.89. The molecule has 0 amide bonds. The average molecular weight is 311 g/mol. The van der Waals surface area contributed by atoms with Crippen molar-refractivity contribution in [1.29, 1.82) is 0 Å². The summed E-state index contributed by atoms with van der Waals surface area (Å²) >= 11 is 0. The summed E-state index contributed by atoms with van der Waals surface area (Å²) < 4.78 is 2.02. The van der Waals surface area contributed by atoms with Crippen molar-refractivity contribution in [3.05, 3.63) is 55.7 Å². The van der Waals surface area contributed by atoms with Gasteiger partial charge in [-0.2, -0.15) is 0 Å². The highest BCUT2D eigenvalue weighted by Gasteiger charge is 2.18. The minimum atomic E-state index is -0.566. The Labute approximate surface area is 132 Å². The maximum absolute atomic E-state index is 12.3. The van der Waals surface area contributed by atoms with E-state index in [1.54, 1.807) is 12.3 Å². The normalized spacial score (nSPS) is 14.5. The van der Waals surface area contributed by atoms with Crippen molar-refractivity contribution < 1.29 is 5.11 Å². The SMILES string of the molecule is CCc1cccc2c1N=CC2=Cc1c(O)n(C)c(=O)n(C)c1=O. The van der Waals surface area contributed by atoms with Crippen LogP contribution in [0.3, 0.4) is 0 Å². The lowest BCUT2D eigenvalue weighted by molar-refractivity contribution is 0.410. The number of fused-ring (bicyclic) bond motifs is 1. The molecule has 1 aliphatic heterocycles. The summed E-state index contributed by atoms with van der Waals surface area (Å²) in [4.78, 5) is 28.5. The van der Waals surface area contributed by atoms with Crippen LogP contribution in [0.2, 0.25) is 0 Å². The lowest BCUT2D eigenvalue weighted by Crippen LogP contribution is -2.37. The van der Waals surface area contributed by atoms with Gasteiger partial charge >= 0.3 is 5.69 Å². The van der Waals surface area contributed by atoms with Crippen LogP contribution in [-0.4, -0.2) is 20.5 Å². The minimum Gasteiger partial charge on any atom is -0.494 e. The second kappa shape index (κ2) is 5.39. The Morgan fingerprint density at radius 1 is 1.22 bits per heavy atom. The van der Waals surface area contributed by atoms with Crippen LogP contribution >= 0.6 is 0 Å². The molecule has 0 radical (unpaired) electrons. The van der Waals surface area contributed by atoms with E-state index in [2.05, 4.69) is 11.9 Å². The first-order valence-corrected chi connectivity index (χ1v) is 7.32. The molecule has 3 rings (SSSR count). The molecule has 0 atom stereocenters. The Morgan fingerprint density at radius 2 is 1.96 bits per heavy atom. The Kier molecular flexibility index (Phi) is 3.52. The van der Waals surface area contributed by atoms with Gasteiger partial charge in [0.25, 0.3) is 5.56 Å². The van der Waals surface area contributed by atoms with Crippen LogP contribution in [-0.2, 0) is 20.5 Å². The van der Waals surface area contributed by atoms with Gasteiger partial charge in [0.15, 0.2) is 0 Å². The number of aryl methyl sites for hydroxylation is 1. The third-order valence-corrected chi connectivity index (χ3v) is 4.11. The Hall–Kier alpha value is -2.89. The lowest BCUT2D eigenvalue weighted by atomic mass is 10.0. The van der Waals surface area contributed by atoms with E-state index in [4.69, 9.17) is 0 Å². The van der Waals surface area contributed by atoms with E-state index in [-0.39, 0.29) is 11.4 Å². The highest BCUT2D eigenvalue weighted by Crippen LogP contribution is 2.36. The molecule has 0 fully saturated rings. The number of para-hydroxylation sites is 1. The van der Waals surface area contributed by atoms with Crippen molar-refractivity contribution in [3.8, 4) is 5.88 Å². The van der Waals surface area contributed by atoms with E-state index in [1.165, 1.54) is 14.1 Å². The van der Waals surface area contributed by atoms with Gasteiger partial charge in [-0.15, -0.1) is 0 Å². The third-order valence-electron chi connectivity index (χ3n) is 4.11. The van der Waals surface area contributed by atoms with Crippen LogP contribution < -0.4 is 11.2 Å². The summed E-state index contributed by atoms with van der Waals surface area (Å²) in [7, 11) is 2.81. The predicted octanol–water partition coefficient (Wildman–Crippen LogP) is 1.61. The molecule has 6 nitrogen and oxygen atoms in total. The summed E-state index contributed by atoms with van der Waals surface area (Å²) in [5.74, 6) is -0.348. The van der Waals surface area contributed by atoms with Gasteiger partial charge in [-0.25, -0.2) is 4.79 Å². The summed E-state index contributed by atoms with van der Waals surface area (Å²) in [5, 5.41) is 10.2. The first-order valence-electron chi connectivity index (χ1n) is 7.32. The molecule has 0 saturated heterocycles. The zero-order valence-corrected chi connectivity index (χ0v) is 13.2. The largest absolute Gasteiger partial charge is 0.494 e. The molecule has 118 valence electrons. The number of aromatic nitrogens is 2. The van der Waals surface area contributed by atoms with Crippen LogP contribution in [0, 0.1) is 0 Å². The maximum atomic E-state index is 12.3. The molecule has 1 aromatic heterocycles. The number of hydrogen-bond donors (Lipinski definition) is 1. The van der Waals surface area contributed by atoms with Gasteiger partial charge in [-0.3, -0.25) is 18.9 Å². The van der Waals surface area contributed by atoms with Gasteiger partial charge in [0.05, 0.1) is 5.69 Å². The Morgan fingerprint density at radius 3 is 2.65 bits per heavy atom. The first-order chi connectivity index (χ1) is 11.0. The van der Waals surface area contributed by atoms with E-state index in [0.717, 1.165) is 37.9 Å². The average Bonchev–Trinajstić information content (AvgIpc) is 2.98. The van der Waals surface area contributed by atoms with Gasteiger partial charge in [-0.05, 0) is 18.1 Å². The van der Waals surface area contributed by atoms with Gasteiger partial charge in [-0.1, -0.05) is 25.1 Å². The fourth-order valence-electron chi connectivity index (χ4n) is 2.72. The van der Waals surface area contributed by atoms with E-state index < -0.39 is 11.2 Å². The van der Waals surface area contributed by atoms with Gasteiger partial charge < -0.3 is 5.11 Å². The number of allylic oxidation sites excluding steroid dienone is 1. The van der Waals surface area contributed by atoms with Crippen molar-refractivity contribution in [2.24, 2.45) is 19.1 Å². The van der Waals surface area contributed by atoms with Gasteiger partial charge in [0.2, 0.25) is 5.88 Å². The standard InChI is InChI=1S/C17H17N3O3/c1-4-10-6-5-7-12-11(9-18-14(10)12)8-13-15(21)19(2)17(23)20(3)16(13)22/h5-9,21H,4H2,1-3H3. The zero-order chi connectivity index (χ0) is 16.7. The lowest BCUT2D eigenvalue weighted by Gasteiger charge is -2.08. The van der Waals surface area contributed by atoms with Crippen LogP contribution in [0.1, 0.15) is 23.6 Å². The van der Waals surface area contributed by atoms with Crippen LogP contribution in [0.4, 0.5) is 5.69 Å². The highest BCUT2D eigenvalue weighted by molar-refractivity contribution is 6.21. The van der Waals surface area contributed by atoms with E-state index >= 15 is 0 Å². The molecule has 2 aromatic rings. The molecule has 6 heteroatoms. The zero-order valence-electron chi connectivity index (χ0n) is 13.2. The number of aromatic hydroxyl groups is 1.